The second-order valence-corrected chi connectivity index (χ2v) is 12.4. The zero-order chi connectivity index (χ0) is 29.5. The van der Waals surface area contributed by atoms with Crippen molar-refractivity contribution in [3.63, 3.8) is 0 Å². The Hall–Kier alpha value is -5.72. The fraction of sp³-hybridized carbons (Fsp3) is 0.0222. The Kier molecular flexibility index (Phi) is 5.02. The van der Waals surface area contributed by atoms with Crippen LogP contribution in [0.5, 0.6) is 0 Å². The van der Waals surface area contributed by atoms with E-state index in [1.54, 1.807) is 0 Å². The molecule has 1 aliphatic carbocycles. The molecule has 0 unspecified atom stereocenters. The number of rotatable bonds is 3. The quantitative estimate of drug-likeness (QED) is 0.186. The van der Waals surface area contributed by atoms with Gasteiger partial charge in [0.05, 0.1) is 5.41 Å². The van der Waals surface area contributed by atoms with Gasteiger partial charge in [0.15, 0.2) is 0 Å². The first-order valence-corrected chi connectivity index (χ1v) is 15.8. The molecule has 0 saturated carbocycles. The minimum atomic E-state index is -0.394. The molecule has 0 spiro atoms. The van der Waals surface area contributed by atoms with Crippen LogP contribution in [0.4, 0.5) is 0 Å². The molecule has 1 aliphatic rings. The molecule has 0 bridgehead atoms. The van der Waals surface area contributed by atoms with E-state index in [0.717, 1.165) is 0 Å². The predicted octanol–water partition coefficient (Wildman–Crippen LogP) is 11.8. The molecule has 0 heteroatoms. The highest BCUT2D eigenvalue weighted by Crippen LogP contribution is 2.58. The first-order chi connectivity index (χ1) is 22.3. The summed E-state index contributed by atoms with van der Waals surface area (Å²) in [6.45, 7) is 0. The zero-order valence-electron chi connectivity index (χ0n) is 24.7. The fourth-order valence-corrected chi connectivity index (χ4v) is 8.46. The summed E-state index contributed by atoms with van der Waals surface area (Å²) in [5.74, 6) is 0. The van der Waals surface area contributed by atoms with Gasteiger partial charge in [-0.3, -0.25) is 0 Å². The van der Waals surface area contributed by atoms with Crippen LogP contribution >= 0.6 is 0 Å². The second kappa shape index (κ2) is 9.14. The van der Waals surface area contributed by atoms with Crippen molar-refractivity contribution in [3.05, 3.63) is 192 Å². The molecule has 0 N–H and O–H groups in total. The van der Waals surface area contributed by atoms with Crippen LogP contribution < -0.4 is 0 Å². The van der Waals surface area contributed by atoms with Crippen LogP contribution in [-0.4, -0.2) is 0 Å². The van der Waals surface area contributed by atoms with E-state index in [1.165, 1.54) is 87.6 Å². The van der Waals surface area contributed by atoms with Crippen LogP contribution in [0.25, 0.3) is 65.3 Å². The highest BCUT2D eigenvalue weighted by molar-refractivity contribution is 6.24. The highest BCUT2D eigenvalue weighted by atomic mass is 14.5. The summed E-state index contributed by atoms with van der Waals surface area (Å²) in [6, 6.07) is 63.3. The predicted molar refractivity (Wildman–Crippen MR) is 190 cm³/mol. The number of hydrogen-bond acceptors (Lipinski definition) is 0. The lowest BCUT2D eigenvalue weighted by Gasteiger charge is -2.34. The normalized spacial score (nSPS) is 13.5. The molecule has 45 heavy (non-hydrogen) atoms. The third kappa shape index (κ3) is 3.26. The molecule has 0 amide bonds. The van der Waals surface area contributed by atoms with Crippen molar-refractivity contribution >= 4 is 43.1 Å². The van der Waals surface area contributed by atoms with Gasteiger partial charge in [-0.2, -0.15) is 0 Å². The van der Waals surface area contributed by atoms with Gasteiger partial charge < -0.3 is 0 Å². The van der Waals surface area contributed by atoms with E-state index in [4.69, 9.17) is 0 Å². The zero-order valence-corrected chi connectivity index (χ0v) is 24.7. The van der Waals surface area contributed by atoms with E-state index in [1.807, 2.05) is 0 Å². The molecule has 0 aliphatic heterocycles. The molecule has 0 nitrogen and oxygen atoms in total. The Bertz CT molecular complexity index is 2470. The van der Waals surface area contributed by atoms with Crippen LogP contribution in [0.1, 0.15) is 22.3 Å². The van der Waals surface area contributed by atoms with Gasteiger partial charge in [0, 0.05) is 0 Å². The van der Waals surface area contributed by atoms with Crippen LogP contribution in [0.2, 0.25) is 0 Å². The molecule has 0 radical (unpaired) electrons. The maximum atomic E-state index is 2.41. The third-order valence-corrected chi connectivity index (χ3v) is 10.3. The van der Waals surface area contributed by atoms with E-state index in [0.29, 0.717) is 0 Å². The van der Waals surface area contributed by atoms with Crippen LogP contribution in [0.3, 0.4) is 0 Å². The summed E-state index contributed by atoms with van der Waals surface area (Å²) in [4.78, 5) is 0. The Labute approximate surface area is 262 Å². The van der Waals surface area contributed by atoms with E-state index < -0.39 is 5.41 Å². The summed E-state index contributed by atoms with van der Waals surface area (Å²) >= 11 is 0. The molecule has 10 rings (SSSR count). The van der Waals surface area contributed by atoms with Crippen molar-refractivity contribution in [1.82, 2.24) is 0 Å². The molecule has 9 aromatic carbocycles. The van der Waals surface area contributed by atoms with Crippen molar-refractivity contribution in [2.24, 2.45) is 0 Å². The Morgan fingerprint density at radius 1 is 0.333 bits per heavy atom. The van der Waals surface area contributed by atoms with E-state index >= 15 is 0 Å². The molecule has 0 saturated heterocycles. The lowest BCUT2D eigenvalue weighted by Crippen LogP contribution is -2.28. The molecule has 0 atom stereocenters. The lowest BCUT2D eigenvalue weighted by atomic mass is 9.67. The minimum absolute atomic E-state index is 0.394. The monoisotopic (exact) mass is 568 g/mol. The Balaban J connectivity index is 1.28. The van der Waals surface area contributed by atoms with Crippen LogP contribution in [0.15, 0.2) is 170 Å². The molecule has 0 heterocycles. The summed E-state index contributed by atoms with van der Waals surface area (Å²) in [5.41, 5.74) is 10.1. The van der Waals surface area contributed by atoms with Gasteiger partial charge in [0.25, 0.3) is 0 Å². The fourth-order valence-electron chi connectivity index (χ4n) is 8.46. The molecule has 0 aromatic heterocycles. The van der Waals surface area contributed by atoms with Gasteiger partial charge in [0.2, 0.25) is 0 Å². The lowest BCUT2D eigenvalue weighted by molar-refractivity contribution is 0.769. The Morgan fingerprint density at radius 2 is 0.889 bits per heavy atom. The van der Waals surface area contributed by atoms with Crippen molar-refractivity contribution in [2.75, 3.05) is 0 Å². The van der Waals surface area contributed by atoms with Gasteiger partial charge in [-0.15, -0.1) is 0 Å². The standard InChI is InChI=1S/C45H28/c1-3-13-34(14-4-1)45(35-15-5-2-6-16-35)40-20-8-7-17-39(40)44-38-19-10-18-36(37(38)25-26-41(44)45)33-27-31-23-21-29-11-9-12-30-22-24-32(28-33)43(31)42(29)30/h1-28H. The summed E-state index contributed by atoms with van der Waals surface area (Å²) in [7, 11) is 0. The van der Waals surface area contributed by atoms with Crippen LogP contribution in [0, 0.1) is 0 Å². The molecule has 0 fully saturated rings. The van der Waals surface area contributed by atoms with Gasteiger partial charge in [-0.05, 0) is 99.7 Å². The topological polar surface area (TPSA) is 0 Å². The number of fused-ring (bicyclic) bond motifs is 5. The number of hydrogen-bond donors (Lipinski definition) is 0. The molecular weight excluding hydrogens is 540 g/mol. The average molecular weight is 569 g/mol. The summed E-state index contributed by atoms with van der Waals surface area (Å²) in [6.07, 6.45) is 0. The molecule has 9 aromatic rings. The second-order valence-electron chi connectivity index (χ2n) is 12.4. The Morgan fingerprint density at radius 3 is 1.58 bits per heavy atom. The maximum Gasteiger partial charge on any atom is 0.0713 e. The summed E-state index contributed by atoms with van der Waals surface area (Å²) in [5, 5.41) is 10.5. The summed E-state index contributed by atoms with van der Waals surface area (Å²) < 4.78 is 0. The van der Waals surface area contributed by atoms with E-state index in [9.17, 15) is 0 Å². The van der Waals surface area contributed by atoms with Crippen molar-refractivity contribution in [1.29, 1.82) is 0 Å². The van der Waals surface area contributed by atoms with Gasteiger partial charge in [0.1, 0.15) is 0 Å². The van der Waals surface area contributed by atoms with Crippen molar-refractivity contribution in [2.45, 2.75) is 5.41 Å². The van der Waals surface area contributed by atoms with Gasteiger partial charge in [-0.1, -0.05) is 158 Å². The smallest absolute Gasteiger partial charge is 0.0622 e. The molecular formula is C45H28. The highest BCUT2D eigenvalue weighted by Gasteiger charge is 2.46. The van der Waals surface area contributed by atoms with Crippen molar-refractivity contribution in [3.8, 4) is 22.3 Å². The first-order valence-electron chi connectivity index (χ1n) is 15.8. The minimum Gasteiger partial charge on any atom is -0.0622 e. The number of benzene rings is 9. The average Bonchev–Trinajstić information content (AvgIpc) is 3.42. The largest absolute Gasteiger partial charge is 0.0713 e. The van der Waals surface area contributed by atoms with E-state index in [2.05, 4.69) is 170 Å². The van der Waals surface area contributed by atoms with Crippen molar-refractivity contribution < 1.29 is 0 Å². The third-order valence-electron chi connectivity index (χ3n) is 10.3. The SMILES string of the molecule is c1ccc(C2(c3ccccc3)c3ccccc3-c3c2ccc2c(-c4cc5ccc6cccc7ccc(c4)c5c67)cccc32)cc1. The van der Waals surface area contributed by atoms with Gasteiger partial charge in [-0.25, -0.2) is 0 Å². The molecule has 208 valence electrons. The first kappa shape index (κ1) is 24.7. The maximum absolute atomic E-state index is 2.41. The van der Waals surface area contributed by atoms with Crippen LogP contribution in [-0.2, 0) is 5.41 Å². The van der Waals surface area contributed by atoms with Gasteiger partial charge >= 0.3 is 0 Å². The van der Waals surface area contributed by atoms with E-state index in [-0.39, 0.29) is 0 Å².